The zero-order chi connectivity index (χ0) is 17.8. The van der Waals surface area contributed by atoms with Crippen LogP contribution in [0, 0.1) is 0 Å². The van der Waals surface area contributed by atoms with E-state index in [0.717, 1.165) is 22.2 Å². The molecule has 0 fully saturated rings. The number of nitrogens with zero attached hydrogens (tertiary/aromatic N) is 2. The lowest BCUT2D eigenvalue weighted by atomic mass is 10.3. The van der Waals surface area contributed by atoms with E-state index in [2.05, 4.69) is 15.3 Å². The van der Waals surface area contributed by atoms with Gasteiger partial charge >= 0.3 is 5.97 Å². The Hall–Kier alpha value is -3.03. The summed E-state index contributed by atoms with van der Waals surface area (Å²) in [6.07, 6.45) is 1.74. The van der Waals surface area contributed by atoms with E-state index in [1.165, 1.54) is 22.7 Å². The molecule has 1 N–H and O–H groups in total. The standard InChI is InChI=1S/C19H13N3O2S2/c23-18(17-8-4-10-25-17)24-14-6-3-5-13(11-14)21-19-22-16(12-26-19)15-7-1-2-9-20-15/h1-12H,(H,21,22). The van der Waals surface area contributed by atoms with E-state index in [4.69, 9.17) is 4.74 Å². The first-order valence-corrected chi connectivity index (χ1v) is 9.53. The Labute approximate surface area is 158 Å². The summed E-state index contributed by atoms with van der Waals surface area (Å²) < 4.78 is 5.42. The van der Waals surface area contributed by atoms with Crippen LogP contribution in [0.1, 0.15) is 9.67 Å². The van der Waals surface area contributed by atoms with Crippen LogP contribution >= 0.6 is 22.7 Å². The van der Waals surface area contributed by atoms with E-state index in [0.29, 0.717) is 10.6 Å². The molecule has 0 aliphatic rings. The molecule has 1 aromatic carbocycles. The molecule has 0 aliphatic heterocycles. The number of aromatic nitrogens is 2. The number of anilines is 2. The number of pyridine rings is 1. The molecule has 5 nitrogen and oxygen atoms in total. The topological polar surface area (TPSA) is 64.1 Å². The number of carbonyl (C=O) groups excluding carboxylic acids is 1. The zero-order valence-electron chi connectivity index (χ0n) is 13.5. The second kappa shape index (κ2) is 7.47. The van der Waals surface area contributed by atoms with Crippen molar-refractivity contribution in [2.45, 2.75) is 0 Å². The molecule has 0 atom stereocenters. The van der Waals surface area contributed by atoms with E-state index >= 15 is 0 Å². The maximum absolute atomic E-state index is 12.1. The van der Waals surface area contributed by atoms with Gasteiger partial charge in [-0.15, -0.1) is 22.7 Å². The Bertz CT molecular complexity index is 1010. The average Bonchev–Trinajstić information content (AvgIpc) is 3.35. The van der Waals surface area contributed by atoms with Gasteiger partial charge in [0.25, 0.3) is 0 Å². The number of hydrogen-bond donors (Lipinski definition) is 1. The van der Waals surface area contributed by atoms with Crippen LogP contribution in [0.25, 0.3) is 11.4 Å². The van der Waals surface area contributed by atoms with Crippen LogP contribution in [0.3, 0.4) is 0 Å². The van der Waals surface area contributed by atoms with Gasteiger partial charge in [0, 0.05) is 23.3 Å². The minimum absolute atomic E-state index is 0.358. The maximum atomic E-state index is 12.1. The van der Waals surface area contributed by atoms with Gasteiger partial charge in [-0.25, -0.2) is 9.78 Å². The van der Waals surface area contributed by atoms with Gasteiger partial charge in [0.2, 0.25) is 0 Å². The van der Waals surface area contributed by atoms with Crippen LogP contribution in [-0.4, -0.2) is 15.9 Å². The van der Waals surface area contributed by atoms with E-state index in [1.807, 2.05) is 47.2 Å². The molecule has 0 radical (unpaired) electrons. The summed E-state index contributed by atoms with van der Waals surface area (Å²) in [7, 11) is 0. The molecule has 0 saturated carbocycles. The van der Waals surface area contributed by atoms with Crippen molar-refractivity contribution in [1.82, 2.24) is 9.97 Å². The molecule has 7 heteroatoms. The van der Waals surface area contributed by atoms with E-state index < -0.39 is 0 Å². The second-order valence-electron chi connectivity index (χ2n) is 5.27. The van der Waals surface area contributed by atoms with Crippen molar-refractivity contribution in [3.63, 3.8) is 0 Å². The average molecular weight is 379 g/mol. The molecular formula is C19H13N3O2S2. The molecule has 0 saturated heterocycles. The number of benzene rings is 1. The molecule has 4 rings (SSSR count). The highest BCUT2D eigenvalue weighted by Gasteiger charge is 2.10. The fourth-order valence-electron chi connectivity index (χ4n) is 2.28. The third-order valence-electron chi connectivity index (χ3n) is 3.45. The van der Waals surface area contributed by atoms with Crippen molar-refractivity contribution in [3.8, 4) is 17.1 Å². The Balaban J connectivity index is 1.47. The summed E-state index contributed by atoms with van der Waals surface area (Å²) in [6, 6.07) is 16.5. The molecule has 0 amide bonds. The number of thiophene rings is 1. The molecule has 4 aromatic rings. The van der Waals surface area contributed by atoms with Crippen LogP contribution in [-0.2, 0) is 0 Å². The number of ether oxygens (including phenoxy) is 1. The minimum Gasteiger partial charge on any atom is -0.422 e. The summed E-state index contributed by atoms with van der Waals surface area (Å²) in [5.74, 6) is 0.124. The Morgan fingerprint density at radius 2 is 1.96 bits per heavy atom. The van der Waals surface area contributed by atoms with Crippen molar-refractivity contribution in [2.24, 2.45) is 0 Å². The van der Waals surface area contributed by atoms with Crippen LogP contribution < -0.4 is 10.1 Å². The van der Waals surface area contributed by atoms with Crippen molar-refractivity contribution < 1.29 is 9.53 Å². The summed E-state index contributed by atoms with van der Waals surface area (Å²) >= 11 is 2.84. The van der Waals surface area contributed by atoms with Crippen molar-refractivity contribution in [1.29, 1.82) is 0 Å². The van der Waals surface area contributed by atoms with Crippen molar-refractivity contribution in [2.75, 3.05) is 5.32 Å². The fourth-order valence-corrected chi connectivity index (χ4v) is 3.60. The number of esters is 1. The van der Waals surface area contributed by atoms with E-state index in [-0.39, 0.29) is 5.97 Å². The summed E-state index contributed by atoms with van der Waals surface area (Å²) in [6.45, 7) is 0. The molecule has 3 heterocycles. The quantitative estimate of drug-likeness (QED) is 0.380. The van der Waals surface area contributed by atoms with Crippen LogP contribution in [0.4, 0.5) is 10.8 Å². The smallest absolute Gasteiger partial charge is 0.353 e. The third-order valence-corrected chi connectivity index (χ3v) is 5.06. The van der Waals surface area contributed by atoms with Crippen molar-refractivity contribution in [3.05, 3.63) is 76.4 Å². The van der Waals surface area contributed by atoms with Gasteiger partial charge < -0.3 is 10.1 Å². The predicted molar refractivity (Wildman–Crippen MR) is 104 cm³/mol. The molecule has 3 aromatic heterocycles. The van der Waals surface area contributed by atoms with Gasteiger partial charge in [0.1, 0.15) is 16.3 Å². The SMILES string of the molecule is O=C(Oc1cccc(Nc2nc(-c3ccccn3)cs2)c1)c1cccs1. The second-order valence-corrected chi connectivity index (χ2v) is 7.08. The number of thiazole rings is 1. The van der Waals surface area contributed by atoms with Gasteiger partial charge in [-0.2, -0.15) is 0 Å². The lowest BCUT2D eigenvalue weighted by Gasteiger charge is -2.06. The van der Waals surface area contributed by atoms with E-state index in [9.17, 15) is 4.79 Å². The molecule has 0 unspecified atom stereocenters. The monoisotopic (exact) mass is 379 g/mol. The van der Waals surface area contributed by atoms with Gasteiger partial charge in [0.15, 0.2) is 5.13 Å². The molecular weight excluding hydrogens is 366 g/mol. The summed E-state index contributed by atoms with van der Waals surface area (Å²) in [5.41, 5.74) is 2.44. The van der Waals surface area contributed by atoms with Gasteiger partial charge in [-0.3, -0.25) is 4.98 Å². The first-order valence-electron chi connectivity index (χ1n) is 7.78. The summed E-state index contributed by atoms with van der Waals surface area (Å²) in [4.78, 5) is 21.5. The lowest BCUT2D eigenvalue weighted by molar-refractivity contribution is 0.0740. The number of hydrogen-bond acceptors (Lipinski definition) is 7. The van der Waals surface area contributed by atoms with Crippen molar-refractivity contribution >= 4 is 39.5 Å². The number of nitrogens with one attached hydrogen (secondary N) is 1. The molecule has 0 bridgehead atoms. The molecule has 26 heavy (non-hydrogen) atoms. The Morgan fingerprint density at radius 3 is 2.77 bits per heavy atom. The normalized spacial score (nSPS) is 10.5. The highest BCUT2D eigenvalue weighted by Crippen LogP contribution is 2.27. The zero-order valence-corrected chi connectivity index (χ0v) is 15.1. The first kappa shape index (κ1) is 16.4. The number of rotatable bonds is 5. The maximum Gasteiger partial charge on any atom is 0.353 e. The minimum atomic E-state index is -0.358. The van der Waals surface area contributed by atoms with E-state index in [1.54, 1.807) is 24.4 Å². The van der Waals surface area contributed by atoms with Crippen LogP contribution in [0.15, 0.2) is 71.6 Å². The fraction of sp³-hybridized carbons (Fsp3) is 0. The Morgan fingerprint density at radius 1 is 1.00 bits per heavy atom. The van der Waals surface area contributed by atoms with Gasteiger partial charge in [-0.1, -0.05) is 18.2 Å². The molecule has 128 valence electrons. The van der Waals surface area contributed by atoms with Crippen LogP contribution in [0.2, 0.25) is 0 Å². The first-order chi connectivity index (χ1) is 12.8. The number of carbonyl (C=O) groups is 1. The predicted octanol–water partition coefficient (Wildman–Crippen LogP) is 5.23. The van der Waals surface area contributed by atoms with Gasteiger partial charge in [0.05, 0.1) is 5.69 Å². The Kier molecular flexibility index (Phi) is 4.72. The third kappa shape index (κ3) is 3.79. The molecule has 0 spiro atoms. The van der Waals surface area contributed by atoms with Crippen LogP contribution in [0.5, 0.6) is 5.75 Å². The highest BCUT2D eigenvalue weighted by atomic mass is 32.1. The van der Waals surface area contributed by atoms with Gasteiger partial charge in [-0.05, 0) is 35.7 Å². The summed E-state index contributed by atoms with van der Waals surface area (Å²) in [5, 5.41) is 7.77. The molecule has 0 aliphatic carbocycles. The largest absolute Gasteiger partial charge is 0.422 e. The lowest BCUT2D eigenvalue weighted by Crippen LogP contribution is -2.06. The highest BCUT2D eigenvalue weighted by molar-refractivity contribution is 7.14.